The summed E-state index contributed by atoms with van der Waals surface area (Å²) in [6.07, 6.45) is 0.753. The number of carbonyl (C=O) groups is 4. The largest absolute Gasteiger partial charge is 0.453 e. The summed E-state index contributed by atoms with van der Waals surface area (Å²) in [4.78, 5) is 69.6. The quantitative estimate of drug-likeness (QED) is 0.138. The van der Waals surface area contributed by atoms with Crippen molar-refractivity contribution in [1.82, 2.24) is 40.4 Å². The number of benzene rings is 2. The van der Waals surface area contributed by atoms with Crippen LogP contribution in [0.5, 0.6) is 0 Å². The van der Waals surface area contributed by atoms with E-state index in [1.807, 2.05) is 42.5 Å². The van der Waals surface area contributed by atoms with Crippen LogP contribution in [0, 0.1) is 11.8 Å². The number of rotatable bonds is 9. The topological polar surface area (TPSA) is 215 Å². The maximum absolute atomic E-state index is 13.4. The molecule has 6 atom stereocenters. The number of fused-ring (bicyclic) bond motifs is 1. The van der Waals surface area contributed by atoms with Crippen LogP contribution in [0.2, 0.25) is 0 Å². The minimum Gasteiger partial charge on any atom is -0.453 e. The van der Waals surface area contributed by atoms with Gasteiger partial charge in [0.15, 0.2) is 0 Å². The van der Waals surface area contributed by atoms with Gasteiger partial charge in [0.2, 0.25) is 11.8 Å². The molecule has 4 aromatic rings. The Morgan fingerprint density at radius 2 is 1.33 bits per heavy atom. The molecular weight excluding hydrogens is 696 g/mol. The van der Waals surface area contributed by atoms with Gasteiger partial charge in [0.05, 0.1) is 61.4 Å². The molecule has 0 bridgehead atoms. The van der Waals surface area contributed by atoms with Gasteiger partial charge in [-0.2, -0.15) is 0 Å². The summed E-state index contributed by atoms with van der Waals surface area (Å²) in [5, 5.41) is 25.3. The average Bonchev–Trinajstić information content (AvgIpc) is 4.00. The number of likely N-dealkylation sites (tertiary alicyclic amines) is 2. The molecule has 0 radical (unpaired) electrons. The van der Waals surface area contributed by atoms with Gasteiger partial charge in [0.25, 0.3) is 0 Å². The van der Waals surface area contributed by atoms with Gasteiger partial charge in [-0.15, -0.1) is 0 Å². The maximum Gasteiger partial charge on any atom is 0.407 e. The second-order valence-electron chi connectivity index (χ2n) is 13.5. The number of H-pyrrole nitrogens is 2. The predicted molar refractivity (Wildman–Crippen MR) is 195 cm³/mol. The first kappa shape index (κ1) is 37.8. The average molecular weight is 741 g/mol. The van der Waals surface area contributed by atoms with Gasteiger partial charge in [-0.25, -0.2) is 19.6 Å². The monoisotopic (exact) mass is 740 g/mol. The lowest BCUT2D eigenvalue weighted by atomic mass is 10.1. The molecular formula is C38H44N8O8. The van der Waals surface area contributed by atoms with E-state index in [0.717, 1.165) is 46.3 Å². The summed E-state index contributed by atoms with van der Waals surface area (Å²) in [6.45, 7) is 3.82. The lowest BCUT2D eigenvalue weighted by Gasteiger charge is -2.29. The van der Waals surface area contributed by atoms with Crippen LogP contribution < -0.4 is 10.6 Å². The van der Waals surface area contributed by atoms with E-state index in [9.17, 15) is 29.4 Å². The second kappa shape index (κ2) is 16.4. The molecule has 6 N–H and O–H groups in total. The standard InChI is InChI=1S/C38H44N8O8/c1-21(47)31(43-37(51)53-3)35(49)45-17-5-7-29(45)33-39-20-28(42-33)25-14-11-23(12-15-25)9-10-24-13-16-26-27(19-24)41-34(40-26)30-8-6-18-46(30)36(50)32(22(2)48)44-38(52)54-4/h11-16,19-22,29-32,47-48H,5-8,17-18H2,1-4H3,(H,39,42)(H,40,41)(H,43,51)(H,44,52)/t21-,22-,29-,30-,31-,32-/m0/s1. The molecule has 2 aromatic heterocycles. The van der Waals surface area contributed by atoms with E-state index in [2.05, 4.69) is 46.9 Å². The molecule has 2 saturated heterocycles. The molecule has 16 heteroatoms. The predicted octanol–water partition coefficient (Wildman–Crippen LogP) is 2.89. The molecule has 54 heavy (non-hydrogen) atoms. The molecule has 284 valence electrons. The van der Waals surface area contributed by atoms with Gasteiger partial charge in [-0.1, -0.05) is 24.0 Å². The number of nitrogens with zero attached hydrogens (tertiary/aromatic N) is 4. The minimum atomic E-state index is -1.15. The third-order valence-electron chi connectivity index (χ3n) is 9.76. The Bertz CT molecular complexity index is 2060. The van der Waals surface area contributed by atoms with Crippen LogP contribution in [0.15, 0.2) is 48.7 Å². The summed E-state index contributed by atoms with van der Waals surface area (Å²) >= 11 is 0. The van der Waals surface area contributed by atoms with Crippen LogP contribution in [-0.4, -0.2) is 116 Å². The summed E-state index contributed by atoms with van der Waals surface area (Å²) in [5.41, 5.74) is 4.72. The first-order chi connectivity index (χ1) is 26.0. The lowest BCUT2D eigenvalue weighted by molar-refractivity contribution is -0.137. The van der Waals surface area contributed by atoms with Gasteiger partial charge in [-0.05, 0) is 75.4 Å². The number of amides is 4. The van der Waals surface area contributed by atoms with Crippen molar-refractivity contribution in [2.24, 2.45) is 0 Å². The van der Waals surface area contributed by atoms with Crippen molar-refractivity contribution in [2.45, 2.75) is 75.9 Å². The Labute approximate surface area is 311 Å². The molecule has 4 amide bonds. The Morgan fingerprint density at radius 3 is 1.89 bits per heavy atom. The van der Waals surface area contributed by atoms with Crippen molar-refractivity contribution >= 4 is 35.0 Å². The van der Waals surface area contributed by atoms with Crippen molar-refractivity contribution in [1.29, 1.82) is 0 Å². The molecule has 2 fully saturated rings. The van der Waals surface area contributed by atoms with Crippen molar-refractivity contribution < 1.29 is 38.9 Å². The fraction of sp³-hybridized carbons (Fsp3) is 0.421. The molecule has 0 saturated carbocycles. The van der Waals surface area contributed by atoms with Crippen molar-refractivity contribution in [2.75, 3.05) is 27.3 Å². The number of aliphatic hydroxyl groups excluding tert-OH is 2. The van der Waals surface area contributed by atoms with Gasteiger partial charge >= 0.3 is 12.2 Å². The van der Waals surface area contributed by atoms with Crippen LogP contribution in [0.25, 0.3) is 22.3 Å². The number of alkyl carbamates (subject to hydrolysis) is 2. The van der Waals surface area contributed by atoms with Crippen LogP contribution in [0.4, 0.5) is 9.59 Å². The first-order valence-corrected chi connectivity index (χ1v) is 17.8. The van der Waals surface area contributed by atoms with Crippen LogP contribution >= 0.6 is 0 Å². The van der Waals surface area contributed by atoms with E-state index in [1.54, 1.807) is 16.0 Å². The number of nitrogens with one attached hydrogen (secondary N) is 4. The molecule has 4 heterocycles. The van der Waals surface area contributed by atoms with E-state index in [4.69, 9.17) is 4.98 Å². The normalized spacial score (nSPS) is 19.0. The van der Waals surface area contributed by atoms with Gasteiger partial charge in [-0.3, -0.25) is 9.59 Å². The summed E-state index contributed by atoms with van der Waals surface area (Å²) in [7, 11) is 2.40. The highest BCUT2D eigenvalue weighted by molar-refractivity contribution is 5.87. The third kappa shape index (κ3) is 8.17. The molecule has 16 nitrogen and oxygen atoms in total. The first-order valence-electron chi connectivity index (χ1n) is 17.8. The van der Waals surface area contributed by atoms with E-state index in [0.29, 0.717) is 37.6 Å². The molecule has 2 aromatic carbocycles. The molecule has 0 unspecified atom stereocenters. The van der Waals surface area contributed by atoms with Crippen molar-refractivity contribution in [3.63, 3.8) is 0 Å². The molecule has 2 aliphatic heterocycles. The highest BCUT2D eigenvalue weighted by Crippen LogP contribution is 2.34. The number of hydrogen-bond acceptors (Lipinski definition) is 10. The van der Waals surface area contributed by atoms with Gasteiger partial charge in [0, 0.05) is 24.2 Å². The maximum atomic E-state index is 13.4. The number of aromatic amines is 2. The fourth-order valence-electron chi connectivity index (χ4n) is 6.93. The highest BCUT2D eigenvalue weighted by Gasteiger charge is 2.39. The van der Waals surface area contributed by atoms with E-state index in [1.165, 1.54) is 28.1 Å². The molecule has 0 spiro atoms. The van der Waals surface area contributed by atoms with Crippen molar-refractivity contribution in [3.05, 3.63) is 71.4 Å². The SMILES string of the molecule is COC(=O)N[C@H](C(=O)N1CCC[C@H]1c1ncc(-c2ccc(C#Cc3ccc4nc([C@@H]5CCCN5C(=O)[C@@H](NC(=O)OC)[C@H](C)O)[nH]c4c3)cc2)[nH]1)[C@H](C)O. The number of aromatic nitrogens is 4. The van der Waals surface area contributed by atoms with E-state index in [-0.39, 0.29) is 12.1 Å². The smallest absolute Gasteiger partial charge is 0.407 e. The number of hydrogen-bond donors (Lipinski definition) is 6. The third-order valence-corrected chi connectivity index (χ3v) is 9.76. The highest BCUT2D eigenvalue weighted by atomic mass is 16.5. The summed E-state index contributed by atoms with van der Waals surface area (Å²) < 4.78 is 9.26. The lowest BCUT2D eigenvalue weighted by Crippen LogP contribution is -2.53. The van der Waals surface area contributed by atoms with E-state index < -0.39 is 48.3 Å². The molecule has 0 aliphatic carbocycles. The summed E-state index contributed by atoms with van der Waals surface area (Å²) in [6, 6.07) is 10.4. The zero-order chi connectivity index (χ0) is 38.5. The Morgan fingerprint density at radius 1 is 0.796 bits per heavy atom. The van der Waals surface area contributed by atoms with Crippen LogP contribution in [0.3, 0.4) is 0 Å². The van der Waals surface area contributed by atoms with E-state index >= 15 is 0 Å². The number of imidazole rings is 2. The van der Waals surface area contributed by atoms with Crippen molar-refractivity contribution in [3.8, 4) is 23.1 Å². The second-order valence-corrected chi connectivity index (χ2v) is 13.5. The summed E-state index contributed by atoms with van der Waals surface area (Å²) in [5.74, 6) is 6.83. The number of carbonyl (C=O) groups excluding carboxylic acids is 4. The van der Waals surface area contributed by atoms with Crippen LogP contribution in [-0.2, 0) is 19.1 Å². The molecule has 6 rings (SSSR count). The zero-order valence-corrected chi connectivity index (χ0v) is 30.5. The zero-order valence-electron chi connectivity index (χ0n) is 30.5. The minimum absolute atomic E-state index is 0.335. The number of methoxy groups -OCH3 is 2. The molecule has 2 aliphatic rings. The number of aliphatic hydroxyl groups is 2. The Hall–Kier alpha value is -5.92. The van der Waals surface area contributed by atoms with Gasteiger partial charge < -0.3 is 50.1 Å². The Balaban J connectivity index is 1.12. The Kier molecular flexibility index (Phi) is 11.5. The fourth-order valence-corrected chi connectivity index (χ4v) is 6.93. The number of ether oxygens (including phenoxy) is 2. The van der Waals surface area contributed by atoms with Gasteiger partial charge in [0.1, 0.15) is 23.7 Å². The van der Waals surface area contributed by atoms with Crippen LogP contribution in [0.1, 0.15) is 74.4 Å².